The number of aromatic nitrogens is 4. The van der Waals surface area contributed by atoms with E-state index in [2.05, 4.69) is 63.7 Å². The average Bonchev–Trinajstić information content (AvgIpc) is 3.28. The van der Waals surface area contributed by atoms with Gasteiger partial charge in [0.25, 0.3) is 0 Å². The third kappa shape index (κ3) is 3.83. The van der Waals surface area contributed by atoms with Gasteiger partial charge in [-0.3, -0.25) is 0 Å². The van der Waals surface area contributed by atoms with E-state index in [0.717, 1.165) is 35.5 Å². The largest absolute Gasteiger partial charge is 0.497 e. The normalized spacial score (nSPS) is 17.7. The van der Waals surface area contributed by atoms with Gasteiger partial charge in [0, 0.05) is 19.3 Å². The minimum absolute atomic E-state index is 0.234. The highest BCUT2D eigenvalue weighted by Crippen LogP contribution is 2.44. The Bertz CT molecular complexity index is 1330. The van der Waals surface area contributed by atoms with E-state index in [1.807, 2.05) is 37.4 Å². The van der Waals surface area contributed by atoms with E-state index >= 15 is 0 Å². The lowest BCUT2D eigenvalue weighted by molar-refractivity contribution is 0.411. The number of hydrogen-bond donors (Lipinski definition) is 0. The molecule has 0 saturated heterocycles. The number of hydrogen-bond acceptors (Lipinski definition) is 5. The molecule has 0 radical (unpaired) electrons. The lowest BCUT2D eigenvalue weighted by Gasteiger charge is -2.48. The minimum atomic E-state index is -0.437. The summed E-state index contributed by atoms with van der Waals surface area (Å²) in [6.07, 6.45) is 4.77. The summed E-state index contributed by atoms with van der Waals surface area (Å²) in [5, 5.41) is 11.5. The Morgan fingerprint density at radius 1 is 1.00 bits per heavy atom. The fourth-order valence-corrected chi connectivity index (χ4v) is 4.77. The van der Waals surface area contributed by atoms with Crippen LogP contribution < -0.4 is 9.64 Å². The van der Waals surface area contributed by atoms with Gasteiger partial charge in [-0.15, -0.1) is 5.10 Å². The number of halogens is 1. The lowest BCUT2D eigenvalue weighted by atomic mass is 9.76. The SMILES string of the molecule is COc1ccc2c(c1)CCN(c1ccc(F)cc1)C2(C)c1ccc(/C=C/c2nnnn2C)cc1. The van der Waals surface area contributed by atoms with Crippen molar-refractivity contribution in [2.45, 2.75) is 18.9 Å². The molecule has 1 unspecified atom stereocenters. The first-order chi connectivity index (χ1) is 16.5. The molecule has 6 nitrogen and oxygen atoms in total. The number of rotatable bonds is 5. The van der Waals surface area contributed by atoms with Gasteiger partial charge in [0.2, 0.25) is 0 Å². The summed E-state index contributed by atoms with van der Waals surface area (Å²) in [4.78, 5) is 2.36. The van der Waals surface area contributed by atoms with E-state index in [4.69, 9.17) is 4.74 Å². The van der Waals surface area contributed by atoms with Gasteiger partial charge in [0.15, 0.2) is 5.82 Å². The highest BCUT2D eigenvalue weighted by molar-refractivity contribution is 5.67. The Hall–Kier alpha value is -4.00. The third-order valence-corrected chi connectivity index (χ3v) is 6.67. The predicted molar refractivity (Wildman–Crippen MR) is 131 cm³/mol. The van der Waals surface area contributed by atoms with E-state index in [-0.39, 0.29) is 5.82 Å². The molecule has 7 heteroatoms. The first kappa shape index (κ1) is 21.8. The van der Waals surface area contributed by atoms with E-state index in [1.165, 1.54) is 23.3 Å². The number of fused-ring (bicyclic) bond motifs is 1. The van der Waals surface area contributed by atoms with Crippen molar-refractivity contribution < 1.29 is 9.13 Å². The first-order valence-electron chi connectivity index (χ1n) is 11.2. The second kappa shape index (κ2) is 8.74. The van der Waals surface area contributed by atoms with Crippen LogP contribution in [0.3, 0.4) is 0 Å². The number of methoxy groups -OCH3 is 1. The maximum Gasteiger partial charge on any atom is 0.174 e. The molecule has 34 heavy (non-hydrogen) atoms. The number of anilines is 1. The van der Waals surface area contributed by atoms with Crippen molar-refractivity contribution in [3.8, 4) is 5.75 Å². The molecule has 4 aromatic rings. The maximum absolute atomic E-state index is 13.7. The summed E-state index contributed by atoms with van der Waals surface area (Å²) >= 11 is 0. The van der Waals surface area contributed by atoms with Crippen molar-refractivity contribution in [1.82, 2.24) is 20.2 Å². The van der Waals surface area contributed by atoms with Crippen molar-refractivity contribution >= 4 is 17.8 Å². The molecular formula is C27H26FN5O. The van der Waals surface area contributed by atoms with Crippen LogP contribution >= 0.6 is 0 Å². The predicted octanol–water partition coefficient (Wildman–Crippen LogP) is 4.85. The third-order valence-electron chi connectivity index (χ3n) is 6.67. The van der Waals surface area contributed by atoms with E-state index in [0.29, 0.717) is 5.82 Å². The van der Waals surface area contributed by atoms with Gasteiger partial charge in [0.05, 0.1) is 12.6 Å². The lowest BCUT2D eigenvalue weighted by Crippen LogP contribution is -2.49. The highest BCUT2D eigenvalue weighted by atomic mass is 19.1. The van der Waals surface area contributed by atoms with Gasteiger partial charge in [-0.1, -0.05) is 36.4 Å². The molecule has 3 aromatic carbocycles. The molecular weight excluding hydrogens is 429 g/mol. The smallest absolute Gasteiger partial charge is 0.174 e. The van der Waals surface area contributed by atoms with Crippen LogP contribution in [0.5, 0.6) is 5.75 Å². The van der Waals surface area contributed by atoms with Crippen molar-refractivity contribution in [3.63, 3.8) is 0 Å². The summed E-state index contributed by atoms with van der Waals surface area (Å²) in [7, 11) is 3.50. The summed E-state index contributed by atoms with van der Waals surface area (Å²) in [5.74, 6) is 1.31. The van der Waals surface area contributed by atoms with Gasteiger partial charge in [0.1, 0.15) is 11.6 Å². The van der Waals surface area contributed by atoms with Gasteiger partial charge < -0.3 is 9.64 Å². The van der Waals surface area contributed by atoms with Crippen molar-refractivity contribution in [3.05, 3.63) is 101 Å². The van der Waals surface area contributed by atoms with Crippen LogP contribution in [-0.2, 0) is 19.0 Å². The molecule has 0 amide bonds. The molecule has 0 N–H and O–H groups in total. The first-order valence-corrected chi connectivity index (χ1v) is 11.2. The van der Waals surface area contributed by atoms with E-state index in [9.17, 15) is 4.39 Å². The van der Waals surface area contributed by atoms with Gasteiger partial charge >= 0.3 is 0 Å². The van der Waals surface area contributed by atoms with E-state index in [1.54, 1.807) is 11.8 Å². The van der Waals surface area contributed by atoms with Crippen LogP contribution in [0.25, 0.3) is 12.2 Å². The summed E-state index contributed by atoms with van der Waals surface area (Å²) < 4.78 is 20.8. The molecule has 172 valence electrons. The Kier molecular flexibility index (Phi) is 5.61. The number of ether oxygens (including phenoxy) is 1. The van der Waals surface area contributed by atoms with Crippen LogP contribution in [0.4, 0.5) is 10.1 Å². The molecule has 0 spiro atoms. The summed E-state index contributed by atoms with van der Waals surface area (Å²) in [5.41, 5.74) is 5.24. The number of nitrogens with zero attached hydrogens (tertiary/aromatic N) is 5. The van der Waals surface area contributed by atoms with Crippen molar-refractivity contribution in [2.75, 3.05) is 18.6 Å². The number of benzene rings is 3. The zero-order valence-corrected chi connectivity index (χ0v) is 19.4. The average molecular weight is 456 g/mol. The molecule has 0 bridgehead atoms. The fraction of sp³-hybridized carbons (Fsp3) is 0.222. The highest BCUT2D eigenvalue weighted by Gasteiger charge is 2.40. The van der Waals surface area contributed by atoms with Gasteiger partial charge in [-0.2, -0.15) is 0 Å². The van der Waals surface area contributed by atoms with Crippen molar-refractivity contribution in [2.24, 2.45) is 7.05 Å². The zero-order valence-electron chi connectivity index (χ0n) is 19.4. The molecule has 0 fully saturated rings. The molecule has 0 aliphatic carbocycles. The van der Waals surface area contributed by atoms with Crippen LogP contribution in [0, 0.1) is 5.82 Å². The minimum Gasteiger partial charge on any atom is -0.497 e. The number of aryl methyl sites for hydroxylation is 1. The number of tetrazole rings is 1. The summed E-state index contributed by atoms with van der Waals surface area (Å²) in [6.45, 7) is 3.04. The van der Waals surface area contributed by atoms with Gasteiger partial charge in [-0.25, -0.2) is 9.07 Å². The molecule has 0 saturated carbocycles. The molecule has 5 rings (SSSR count). The monoisotopic (exact) mass is 455 g/mol. The fourth-order valence-electron chi connectivity index (χ4n) is 4.77. The van der Waals surface area contributed by atoms with Gasteiger partial charge in [-0.05, 0) is 88.5 Å². The van der Waals surface area contributed by atoms with Crippen LogP contribution in [0.15, 0.2) is 66.7 Å². The molecule has 1 aliphatic rings. The maximum atomic E-state index is 13.7. The molecule has 2 heterocycles. The second-order valence-electron chi connectivity index (χ2n) is 8.59. The molecule has 1 aliphatic heterocycles. The Balaban J connectivity index is 1.57. The Morgan fingerprint density at radius 3 is 2.44 bits per heavy atom. The van der Waals surface area contributed by atoms with Crippen molar-refractivity contribution in [1.29, 1.82) is 0 Å². The van der Waals surface area contributed by atoms with Crippen LogP contribution in [0.1, 0.15) is 35.0 Å². The van der Waals surface area contributed by atoms with Crippen LogP contribution in [-0.4, -0.2) is 33.9 Å². The molecule has 1 atom stereocenters. The van der Waals surface area contributed by atoms with Crippen LogP contribution in [0.2, 0.25) is 0 Å². The Morgan fingerprint density at radius 2 is 1.76 bits per heavy atom. The quantitative estimate of drug-likeness (QED) is 0.430. The second-order valence-corrected chi connectivity index (χ2v) is 8.59. The topological polar surface area (TPSA) is 56.1 Å². The zero-order chi connectivity index (χ0) is 23.7. The Labute approximate surface area is 198 Å². The standard InChI is InChI=1S/C27H26FN5O/c1-27(21-7-4-19(5-8-21)6-15-26-29-30-31-32(26)2)25-14-13-24(34-3)18-20(25)16-17-33(27)23-11-9-22(28)10-12-23/h4-15,18H,16-17H2,1-3H3/b15-6+. The summed E-state index contributed by atoms with van der Waals surface area (Å²) in [6, 6.07) is 21.6. The molecule has 1 aromatic heterocycles. The van der Waals surface area contributed by atoms with E-state index < -0.39 is 5.54 Å².